The Labute approximate surface area is 213 Å². The lowest BCUT2D eigenvalue weighted by atomic mass is 10.1. The van der Waals surface area contributed by atoms with Gasteiger partial charge in [-0.15, -0.1) is 10.2 Å². The highest BCUT2D eigenvalue weighted by molar-refractivity contribution is 7.99. The molecule has 1 amide bonds. The van der Waals surface area contributed by atoms with Crippen molar-refractivity contribution in [1.82, 2.24) is 24.6 Å². The van der Waals surface area contributed by atoms with Crippen LogP contribution in [0.1, 0.15) is 5.56 Å². The third kappa shape index (κ3) is 5.18. The standard InChI is InChI=1S/C26H25ClN6OS/c1-19-7-8-21(27)17-23(19)31-13-15-32(16-14-31)24(34)18-35-26-30-29-25(20-9-11-28-12-10-20)33(26)22-5-3-2-4-6-22/h2-12,17H,13-16,18H2,1H3. The smallest absolute Gasteiger partial charge is 0.233 e. The van der Waals surface area contributed by atoms with Crippen molar-refractivity contribution in [2.75, 3.05) is 36.8 Å². The van der Waals surface area contributed by atoms with Gasteiger partial charge in [-0.1, -0.05) is 47.6 Å². The first-order valence-electron chi connectivity index (χ1n) is 11.4. The molecule has 2 aromatic carbocycles. The number of pyridine rings is 1. The van der Waals surface area contributed by atoms with Gasteiger partial charge in [0.2, 0.25) is 5.91 Å². The van der Waals surface area contributed by atoms with Crippen LogP contribution in [0.3, 0.4) is 0 Å². The summed E-state index contributed by atoms with van der Waals surface area (Å²) in [6.07, 6.45) is 3.47. The minimum Gasteiger partial charge on any atom is -0.368 e. The normalized spacial score (nSPS) is 13.8. The van der Waals surface area contributed by atoms with E-state index in [0.29, 0.717) is 24.0 Å². The van der Waals surface area contributed by atoms with Gasteiger partial charge in [0.1, 0.15) is 0 Å². The summed E-state index contributed by atoms with van der Waals surface area (Å²) in [5, 5.41) is 10.3. The van der Waals surface area contributed by atoms with Crippen molar-refractivity contribution < 1.29 is 4.79 Å². The lowest BCUT2D eigenvalue weighted by molar-refractivity contribution is -0.128. The van der Waals surface area contributed by atoms with Gasteiger partial charge in [0.25, 0.3) is 0 Å². The number of amides is 1. The number of carbonyl (C=O) groups excluding carboxylic acids is 1. The van der Waals surface area contributed by atoms with Gasteiger partial charge in [0, 0.05) is 60.5 Å². The van der Waals surface area contributed by atoms with Crippen molar-refractivity contribution in [1.29, 1.82) is 0 Å². The maximum atomic E-state index is 13.1. The number of para-hydroxylation sites is 1. The molecule has 7 nitrogen and oxygen atoms in total. The average molecular weight is 505 g/mol. The SMILES string of the molecule is Cc1ccc(Cl)cc1N1CCN(C(=O)CSc2nnc(-c3ccncc3)n2-c2ccccc2)CC1. The van der Waals surface area contributed by atoms with Gasteiger partial charge in [0.15, 0.2) is 11.0 Å². The molecule has 0 N–H and O–H groups in total. The van der Waals surface area contributed by atoms with Gasteiger partial charge in [-0.25, -0.2) is 0 Å². The Morgan fingerprint density at radius 3 is 2.46 bits per heavy atom. The molecular formula is C26H25ClN6OS. The maximum absolute atomic E-state index is 13.1. The Morgan fingerprint density at radius 2 is 1.71 bits per heavy atom. The summed E-state index contributed by atoms with van der Waals surface area (Å²) < 4.78 is 1.99. The number of thioether (sulfide) groups is 1. The van der Waals surface area contributed by atoms with Crippen LogP contribution in [0.25, 0.3) is 17.1 Å². The van der Waals surface area contributed by atoms with Crippen LogP contribution in [-0.4, -0.2) is 62.5 Å². The zero-order valence-electron chi connectivity index (χ0n) is 19.3. The molecule has 0 radical (unpaired) electrons. The van der Waals surface area contributed by atoms with E-state index in [9.17, 15) is 4.79 Å². The predicted octanol–water partition coefficient (Wildman–Crippen LogP) is 4.73. The highest BCUT2D eigenvalue weighted by Crippen LogP contribution is 2.29. The third-order valence-electron chi connectivity index (χ3n) is 6.06. The Balaban J connectivity index is 1.27. The van der Waals surface area contributed by atoms with E-state index in [1.165, 1.54) is 17.3 Å². The number of hydrogen-bond acceptors (Lipinski definition) is 6. The lowest BCUT2D eigenvalue weighted by Crippen LogP contribution is -2.49. The second-order valence-corrected chi connectivity index (χ2v) is 9.68. The Kier molecular flexibility index (Phi) is 7.01. The molecule has 178 valence electrons. The highest BCUT2D eigenvalue weighted by Gasteiger charge is 2.24. The summed E-state index contributed by atoms with van der Waals surface area (Å²) in [5.41, 5.74) is 4.19. The van der Waals surface area contributed by atoms with E-state index in [1.807, 2.05) is 70.1 Å². The quantitative estimate of drug-likeness (QED) is 0.354. The Hall–Kier alpha value is -3.36. The number of carbonyl (C=O) groups is 1. The van der Waals surface area contributed by atoms with Crippen molar-refractivity contribution in [2.45, 2.75) is 12.1 Å². The highest BCUT2D eigenvalue weighted by atomic mass is 35.5. The summed E-state index contributed by atoms with van der Waals surface area (Å²) in [4.78, 5) is 21.4. The van der Waals surface area contributed by atoms with E-state index in [4.69, 9.17) is 11.6 Å². The molecule has 35 heavy (non-hydrogen) atoms. The van der Waals surface area contributed by atoms with E-state index in [-0.39, 0.29) is 5.91 Å². The van der Waals surface area contributed by atoms with E-state index in [1.54, 1.807) is 12.4 Å². The number of aryl methyl sites for hydroxylation is 1. The van der Waals surface area contributed by atoms with Crippen LogP contribution < -0.4 is 4.90 Å². The molecule has 0 spiro atoms. The van der Waals surface area contributed by atoms with Gasteiger partial charge < -0.3 is 9.80 Å². The van der Waals surface area contributed by atoms with Crippen LogP contribution in [-0.2, 0) is 4.79 Å². The summed E-state index contributed by atoms with van der Waals surface area (Å²) >= 11 is 7.61. The van der Waals surface area contributed by atoms with Gasteiger partial charge >= 0.3 is 0 Å². The number of rotatable bonds is 6. The zero-order valence-corrected chi connectivity index (χ0v) is 20.9. The molecule has 9 heteroatoms. The number of hydrogen-bond donors (Lipinski definition) is 0. The van der Waals surface area contributed by atoms with Crippen LogP contribution in [0, 0.1) is 6.92 Å². The van der Waals surface area contributed by atoms with Gasteiger partial charge in [-0.05, 0) is 48.9 Å². The summed E-state index contributed by atoms with van der Waals surface area (Å²) in [7, 11) is 0. The topological polar surface area (TPSA) is 67.2 Å². The van der Waals surface area contributed by atoms with Crippen molar-refractivity contribution in [3.63, 3.8) is 0 Å². The molecule has 1 aliphatic rings. The fourth-order valence-electron chi connectivity index (χ4n) is 4.20. The second-order valence-electron chi connectivity index (χ2n) is 8.30. The first-order chi connectivity index (χ1) is 17.1. The fraction of sp³-hybridized carbons (Fsp3) is 0.231. The molecule has 0 bridgehead atoms. The third-order valence-corrected chi connectivity index (χ3v) is 7.20. The molecule has 0 unspecified atom stereocenters. The number of benzene rings is 2. The minimum absolute atomic E-state index is 0.102. The van der Waals surface area contributed by atoms with Crippen molar-refractivity contribution >= 4 is 35.0 Å². The molecule has 0 aliphatic carbocycles. The molecular weight excluding hydrogens is 480 g/mol. The maximum Gasteiger partial charge on any atom is 0.233 e. The average Bonchev–Trinajstić information content (AvgIpc) is 3.34. The zero-order chi connectivity index (χ0) is 24.2. The first-order valence-corrected chi connectivity index (χ1v) is 12.8. The lowest BCUT2D eigenvalue weighted by Gasteiger charge is -2.36. The Morgan fingerprint density at radius 1 is 0.971 bits per heavy atom. The molecule has 1 fully saturated rings. The van der Waals surface area contributed by atoms with Gasteiger partial charge in [0.05, 0.1) is 5.75 Å². The minimum atomic E-state index is 0.102. The fourth-order valence-corrected chi connectivity index (χ4v) is 5.22. The number of aromatic nitrogens is 4. The van der Waals surface area contributed by atoms with Crippen LogP contribution in [0.15, 0.2) is 78.2 Å². The van der Waals surface area contributed by atoms with Crippen LogP contribution in [0.5, 0.6) is 0 Å². The number of nitrogens with zero attached hydrogens (tertiary/aromatic N) is 6. The van der Waals surface area contributed by atoms with Gasteiger partial charge in [-0.2, -0.15) is 0 Å². The molecule has 1 aliphatic heterocycles. The van der Waals surface area contributed by atoms with Crippen molar-refractivity contribution in [3.05, 3.63) is 83.6 Å². The van der Waals surface area contributed by atoms with Crippen LogP contribution in [0.4, 0.5) is 5.69 Å². The largest absolute Gasteiger partial charge is 0.368 e. The van der Waals surface area contributed by atoms with Gasteiger partial charge in [-0.3, -0.25) is 14.3 Å². The molecule has 4 aromatic rings. The molecule has 2 aromatic heterocycles. The van der Waals surface area contributed by atoms with Crippen LogP contribution >= 0.6 is 23.4 Å². The number of anilines is 1. The van der Waals surface area contributed by atoms with E-state index >= 15 is 0 Å². The summed E-state index contributed by atoms with van der Waals surface area (Å²) in [6, 6.07) is 19.7. The van der Waals surface area contributed by atoms with Crippen molar-refractivity contribution in [3.8, 4) is 17.1 Å². The van der Waals surface area contributed by atoms with E-state index in [0.717, 1.165) is 40.9 Å². The summed E-state index contributed by atoms with van der Waals surface area (Å²) in [5.74, 6) is 1.13. The first kappa shape index (κ1) is 23.4. The summed E-state index contributed by atoms with van der Waals surface area (Å²) in [6.45, 7) is 5.01. The second kappa shape index (κ2) is 10.5. The van der Waals surface area contributed by atoms with E-state index < -0.39 is 0 Å². The van der Waals surface area contributed by atoms with Crippen LogP contribution in [0.2, 0.25) is 5.02 Å². The predicted molar refractivity (Wildman–Crippen MR) is 140 cm³/mol. The monoisotopic (exact) mass is 504 g/mol. The molecule has 0 saturated carbocycles. The van der Waals surface area contributed by atoms with Crippen molar-refractivity contribution in [2.24, 2.45) is 0 Å². The van der Waals surface area contributed by atoms with E-state index in [2.05, 4.69) is 27.0 Å². The molecule has 1 saturated heterocycles. The molecule has 3 heterocycles. The number of piperazine rings is 1. The number of halogens is 1. The molecule has 5 rings (SSSR count). The Bertz CT molecular complexity index is 1310. The molecule has 0 atom stereocenters.